The van der Waals surface area contributed by atoms with Gasteiger partial charge in [0.05, 0.1) is 40.3 Å². The lowest BCUT2D eigenvalue weighted by Gasteiger charge is -2.44. The van der Waals surface area contributed by atoms with Crippen molar-refractivity contribution in [1.29, 1.82) is 0 Å². The van der Waals surface area contributed by atoms with Gasteiger partial charge in [-0.15, -0.1) is 0 Å². The lowest BCUT2D eigenvalue weighted by atomic mass is 9.89. The predicted molar refractivity (Wildman–Crippen MR) is 269 cm³/mol. The highest BCUT2D eigenvalue weighted by Gasteiger charge is 2.37. The Kier molecular flexibility index (Phi) is 14.0. The fourth-order valence-electron chi connectivity index (χ4n) is 10.5. The van der Waals surface area contributed by atoms with Gasteiger partial charge in [0.15, 0.2) is 0 Å². The number of hydrogen-bond acceptors (Lipinski definition) is 13. The molecule has 364 valence electrons. The maximum Gasteiger partial charge on any atom is 0.234 e. The van der Waals surface area contributed by atoms with Crippen molar-refractivity contribution < 1.29 is 32.5 Å². The number of rotatable bonds is 12. The first kappa shape index (κ1) is 48.3. The van der Waals surface area contributed by atoms with E-state index < -0.39 is 36.5 Å². The summed E-state index contributed by atoms with van der Waals surface area (Å²) in [5, 5.41) is 10.5. The van der Waals surface area contributed by atoms with Gasteiger partial charge in [-0.3, -0.25) is 29.6 Å². The molecule has 2 atom stereocenters. The highest BCUT2D eigenvalue weighted by Crippen LogP contribution is 2.43. The van der Waals surface area contributed by atoms with Gasteiger partial charge in [-0.05, 0) is 110 Å². The van der Waals surface area contributed by atoms with E-state index in [1.807, 2.05) is 41.0 Å². The van der Waals surface area contributed by atoms with Crippen LogP contribution in [0.2, 0.25) is 0 Å². The van der Waals surface area contributed by atoms with Gasteiger partial charge in [0, 0.05) is 110 Å². The second-order valence-corrected chi connectivity index (χ2v) is 22.8. The lowest BCUT2D eigenvalue weighted by Crippen LogP contribution is -2.55. The number of nitrogens with one attached hydrogen (secondary N) is 3. The summed E-state index contributed by atoms with van der Waals surface area (Å²) in [6.07, 6.45) is 5.11. The molecule has 5 aromatic rings. The van der Waals surface area contributed by atoms with Gasteiger partial charge in [0.1, 0.15) is 30.3 Å². The third-order valence-electron chi connectivity index (χ3n) is 14.0. The summed E-state index contributed by atoms with van der Waals surface area (Å²) in [7, 11) is -1.09. The van der Waals surface area contributed by atoms with E-state index in [1.165, 1.54) is 12.1 Å². The molecule has 0 aliphatic carbocycles. The molecule has 4 aliphatic heterocycles. The van der Waals surface area contributed by atoms with Crippen LogP contribution >= 0.6 is 23.1 Å². The van der Waals surface area contributed by atoms with Crippen molar-refractivity contribution in [3.8, 4) is 5.75 Å². The number of fused-ring (bicyclic) bond motifs is 1. The zero-order chi connectivity index (χ0) is 48.7. The molecule has 2 aromatic heterocycles. The van der Waals surface area contributed by atoms with Crippen molar-refractivity contribution in [2.24, 2.45) is 5.92 Å². The number of methoxy groups -OCH3 is 1. The molecule has 6 heterocycles. The Hall–Kier alpha value is -5.71. The second kappa shape index (κ2) is 20.0. The standard InChI is InChI=1S/C50H58BrF2N10O5P/c1-6-30-23-41(57-50-54-27-36(51)47(59-50)56-40-11-10-39-34(8-7-29(2)55-39)46(40)69(4,5)67)43(68-3)26-42(30)61-17-14-32(15-18-61)60-19-21-62(22-20-60)49(66)31-13-16-63(28-31)33-24-37(52)45(38(53)25-33)35-9-12-44(64)58-48(35)65/h7-8,10-11,23-27,31-32,35H,6,9,12-22,28H2,1-5H3,(H,58,64,65)(H2,54,56,57,59). The van der Waals surface area contributed by atoms with E-state index in [0.29, 0.717) is 77.3 Å². The molecule has 4 aliphatic rings. The van der Waals surface area contributed by atoms with E-state index >= 15 is 8.78 Å². The molecular weight excluding hydrogens is 969 g/mol. The molecule has 9 rings (SSSR count). The minimum Gasteiger partial charge on any atom is -0.494 e. The summed E-state index contributed by atoms with van der Waals surface area (Å²) < 4.78 is 50.9. The molecule has 3 N–H and O–H groups in total. The average molecular weight is 1030 g/mol. The monoisotopic (exact) mass is 1030 g/mol. The zero-order valence-corrected chi connectivity index (χ0v) is 42.1. The Labute approximate surface area is 409 Å². The number of carbonyl (C=O) groups excluding carboxylic acids is 3. The van der Waals surface area contributed by atoms with E-state index in [-0.39, 0.29) is 30.2 Å². The van der Waals surface area contributed by atoms with Crippen LogP contribution in [0.3, 0.4) is 0 Å². The van der Waals surface area contributed by atoms with Crippen molar-refractivity contribution in [3.05, 3.63) is 87.7 Å². The van der Waals surface area contributed by atoms with Gasteiger partial charge in [0.2, 0.25) is 23.7 Å². The SMILES string of the molecule is CCc1cc(Nc2ncc(Br)c(Nc3ccc4nc(C)ccc4c3P(C)(C)=O)n2)c(OC)cc1N1CCC(N2CCN(C(=O)C3CCN(c4cc(F)c(C5CCC(=O)NC5=O)c(F)c4)C3)CC2)CC1. The molecule has 0 bridgehead atoms. The first-order valence-corrected chi connectivity index (χ1v) is 27.1. The number of piperidine rings is 2. The number of amides is 3. The Morgan fingerprint density at radius 1 is 0.899 bits per heavy atom. The van der Waals surface area contributed by atoms with Crippen molar-refractivity contribution >= 4 is 91.5 Å². The van der Waals surface area contributed by atoms with Crippen LogP contribution < -0.4 is 35.8 Å². The van der Waals surface area contributed by atoms with Crippen LogP contribution in [0.4, 0.5) is 43.3 Å². The molecule has 0 radical (unpaired) electrons. The topological polar surface area (TPSA) is 165 Å². The molecule has 4 saturated heterocycles. The summed E-state index contributed by atoms with van der Waals surface area (Å²) in [6, 6.07) is 14.8. The summed E-state index contributed by atoms with van der Waals surface area (Å²) in [5.41, 5.74) is 5.41. The molecule has 3 amide bonds. The van der Waals surface area contributed by atoms with Gasteiger partial charge < -0.3 is 34.6 Å². The Morgan fingerprint density at radius 2 is 1.62 bits per heavy atom. The van der Waals surface area contributed by atoms with Crippen LogP contribution in [0.25, 0.3) is 10.9 Å². The highest BCUT2D eigenvalue weighted by atomic mass is 79.9. The normalized spacial score (nSPS) is 19.6. The molecule has 0 saturated carbocycles. The number of halogens is 3. The number of hydrogen-bond donors (Lipinski definition) is 3. The van der Waals surface area contributed by atoms with Crippen LogP contribution in [0.1, 0.15) is 61.8 Å². The van der Waals surface area contributed by atoms with E-state index in [1.54, 1.807) is 26.6 Å². The number of imide groups is 1. The quantitative estimate of drug-likeness (QED) is 0.0819. The molecule has 4 fully saturated rings. The molecule has 15 nitrogen and oxygen atoms in total. The van der Waals surface area contributed by atoms with Crippen molar-refractivity contribution in [1.82, 2.24) is 30.1 Å². The van der Waals surface area contributed by atoms with Gasteiger partial charge in [-0.1, -0.05) is 13.0 Å². The number of carbonyl (C=O) groups is 3. The van der Waals surface area contributed by atoms with E-state index in [0.717, 1.165) is 79.0 Å². The first-order chi connectivity index (χ1) is 33.1. The minimum absolute atomic E-state index is 0.0262. The molecule has 2 unspecified atom stereocenters. The minimum atomic E-state index is -2.75. The van der Waals surface area contributed by atoms with Crippen LogP contribution in [0.5, 0.6) is 5.75 Å². The number of piperazine rings is 1. The number of ether oxygens (including phenoxy) is 1. The summed E-state index contributed by atoms with van der Waals surface area (Å²) in [6.45, 7) is 13.0. The zero-order valence-electron chi connectivity index (χ0n) is 39.6. The fourth-order valence-corrected chi connectivity index (χ4v) is 12.3. The Balaban J connectivity index is 0.796. The first-order valence-electron chi connectivity index (χ1n) is 23.7. The summed E-state index contributed by atoms with van der Waals surface area (Å²) in [4.78, 5) is 60.5. The van der Waals surface area contributed by atoms with Crippen molar-refractivity contribution in [2.75, 3.05) is 93.2 Å². The number of aryl methyl sites for hydroxylation is 2. The number of anilines is 6. The van der Waals surface area contributed by atoms with Gasteiger partial charge in [-0.2, -0.15) is 4.98 Å². The van der Waals surface area contributed by atoms with Gasteiger partial charge >= 0.3 is 0 Å². The van der Waals surface area contributed by atoms with Crippen LogP contribution in [0, 0.1) is 24.5 Å². The largest absolute Gasteiger partial charge is 0.494 e. The van der Waals surface area contributed by atoms with Crippen LogP contribution in [0.15, 0.2) is 59.2 Å². The van der Waals surface area contributed by atoms with Crippen LogP contribution in [-0.4, -0.2) is 121 Å². The Morgan fingerprint density at radius 3 is 2.30 bits per heavy atom. The molecule has 69 heavy (non-hydrogen) atoms. The highest BCUT2D eigenvalue weighted by molar-refractivity contribution is 9.10. The Bertz CT molecular complexity index is 2850. The van der Waals surface area contributed by atoms with Crippen molar-refractivity contribution in [3.63, 3.8) is 0 Å². The van der Waals surface area contributed by atoms with Crippen molar-refractivity contribution in [2.45, 2.75) is 64.3 Å². The third-order valence-corrected chi connectivity index (χ3v) is 16.2. The summed E-state index contributed by atoms with van der Waals surface area (Å²) >= 11 is 3.61. The maximum atomic E-state index is 15.3. The number of benzene rings is 3. The second-order valence-electron chi connectivity index (χ2n) is 18.8. The molecule has 3 aromatic carbocycles. The third kappa shape index (κ3) is 10.2. The molecule has 19 heteroatoms. The molecule has 0 spiro atoms. The maximum absolute atomic E-state index is 15.3. The number of pyridine rings is 1. The van der Waals surface area contributed by atoms with E-state index in [4.69, 9.17) is 9.72 Å². The van der Waals surface area contributed by atoms with E-state index in [2.05, 4.69) is 70.7 Å². The van der Waals surface area contributed by atoms with E-state index in [9.17, 15) is 18.9 Å². The summed E-state index contributed by atoms with van der Waals surface area (Å²) in [5.74, 6) is -2.50. The number of aromatic nitrogens is 3. The number of nitrogens with zero attached hydrogens (tertiary/aromatic N) is 7. The predicted octanol–water partition coefficient (Wildman–Crippen LogP) is 7.84. The van der Waals surface area contributed by atoms with Gasteiger partial charge in [0.25, 0.3) is 0 Å². The average Bonchev–Trinajstić information content (AvgIpc) is 3.83. The smallest absolute Gasteiger partial charge is 0.234 e. The van der Waals surface area contributed by atoms with Gasteiger partial charge in [-0.25, -0.2) is 13.8 Å². The lowest BCUT2D eigenvalue weighted by molar-refractivity contribution is -0.137. The molecular formula is C50H58BrF2N10O5P. The fraction of sp³-hybridized carbons (Fsp3) is 0.440. The van der Waals surface area contributed by atoms with Crippen LogP contribution in [-0.2, 0) is 25.4 Å².